The highest BCUT2D eigenvalue weighted by Gasteiger charge is 2.32. The highest BCUT2D eigenvalue weighted by Crippen LogP contribution is 2.30. The van der Waals surface area contributed by atoms with Crippen LogP contribution in [0.4, 0.5) is 9.80 Å². The van der Waals surface area contributed by atoms with Gasteiger partial charge in [0.2, 0.25) is 0 Å². The Hall–Kier alpha value is -1.52. The SMILES string of the molecule is CC1CCN(C(=O)OC(C)(C)C)CC1Nc1snc(Cl)c1C#N. The van der Waals surface area contributed by atoms with Crippen molar-refractivity contribution in [1.29, 1.82) is 5.26 Å². The maximum Gasteiger partial charge on any atom is 0.410 e. The van der Waals surface area contributed by atoms with Crippen LogP contribution in [-0.4, -0.2) is 40.1 Å². The molecule has 1 saturated heterocycles. The molecule has 1 aromatic heterocycles. The van der Waals surface area contributed by atoms with Crippen LogP contribution in [0.15, 0.2) is 0 Å². The van der Waals surface area contributed by atoms with E-state index >= 15 is 0 Å². The van der Waals surface area contributed by atoms with Gasteiger partial charge in [-0.15, -0.1) is 0 Å². The molecule has 2 rings (SSSR count). The van der Waals surface area contributed by atoms with Crippen LogP contribution in [-0.2, 0) is 4.74 Å². The number of anilines is 1. The molecule has 1 aliphatic rings. The number of ether oxygens (including phenoxy) is 1. The molecule has 126 valence electrons. The van der Waals surface area contributed by atoms with Crippen LogP contribution < -0.4 is 5.32 Å². The fraction of sp³-hybridized carbons (Fsp3) is 0.667. The second-order valence-corrected chi connectivity index (χ2v) is 7.86. The maximum absolute atomic E-state index is 12.2. The average molecular weight is 357 g/mol. The molecular formula is C15H21ClN4O2S. The number of nitrogens with zero attached hydrogens (tertiary/aromatic N) is 3. The number of carbonyl (C=O) groups is 1. The Morgan fingerprint density at radius 3 is 2.87 bits per heavy atom. The van der Waals surface area contributed by atoms with Gasteiger partial charge in [0.1, 0.15) is 22.2 Å². The van der Waals surface area contributed by atoms with E-state index in [1.54, 1.807) is 4.90 Å². The minimum Gasteiger partial charge on any atom is -0.444 e. The molecule has 0 aliphatic carbocycles. The van der Waals surface area contributed by atoms with Crippen molar-refractivity contribution in [2.24, 2.45) is 5.92 Å². The molecule has 0 aromatic carbocycles. The van der Waals surface area contributed by atoms with E-state index in [4.69, 9.17) is 21.6 Å². The Morgan fingerprint density at radius 1 is 1.57 bits per heavy atom. The third-order valence-corrected chi connectivity index (χ3v) is 4.84. The molecule has 0 spiro atoms. The van der Waals surface area contributed by atoms with Crippen molar-refractivity contribution >= 4 is 34.2 Å². The zero-order valence-electron chi connectivity index (χ0n) is 13.7. The van der Waals surface area contributed by atoms with Crippen molar-refractivity contribution in [2.75, 3.05) is 18.4 Å². The maximum atomic E-state index is 12.2. The monoisotopic (exact) mass is 356 g/mol. The highest BCUT2D eigenvalue weighted by atomic mass is 35.5. The number of hydrogen-bond acceptors (Lipinski definition) is 6. The van der Waals surface area contributed by atoms with E-state index in [1.165, 1.54) is 11.5 Å². The van der Waals surface area contributed by atoms with E-state index in [1.807, 2.05) is 20.8 Å². The number of halogens is 1. The van der Waals surface area contributed by atoms with Crippen molar-refractivity contribution in [2.45, 2.75) is 45.8 Å². The lowest BCUT2D eigenvalue weighted by Crippen LogP contribution is -2.50. The van der Waals surface area contributed by atoms with Gasteiger partial charge < -0.3 is 15.0 Å². The smallest absolute Gasteiger partial charge is 0.410 e. The van der Waals surface area contributed by atoms with Crippen LogP contribution >= 0.6 is 23.1 Å². The summed E-state index contributed by atoms with van der Waals surface area (Å²) in [6.07, 6.45) is 0.560. The largest absolute Gasteiger partial charge is 0.444 e. The Bertz CT molecular complexity index is 620. The van der Waals surface area contributed by atoms with E-state index in [-0.39, 0.29) is 17.3 Å². The molecule has 23 heavy (non-hydrogen) atoms. The summed E-state index contributed by atoms with van der Waals surface area (Å²) in [6.45, 7) is 8.88. The number of likely N-dealkylation sites (tertiary alicyclic amines) is 1. The first kappa shape index (κ1) is 17.8. The summed E-state index contributed by atoms with van der Waals surface area (Å²) in [5.41, 5.74) is -0.152. The zero-order chi connectivity index (χ0) is 17.2. The minimum atomic E-state index is -0.512. The van der Waals surface area contributed by atoms with Crippen LogP contribution in [0.2, 0.25) is 5.15 Å². The molecule has 0 saturated carbocycles. The summed E-state index contributed by atoms with van der Waals surface area (Å²) >= 11 is 7.07. The summed E-state index contributed by atoms with van der Waals surface area (Å²) in [6, 6.07) is 2.09. The van der Waals surface area contributed by atoms with Crippen LogP contribution in [0.3, 0.4) is 0 Å². The summed E-state index contributed by atoms with van der Waals surface area (Å²) < 4.78 is 9.43. The third-order valence-electron chi connectivity index (χ3n) is 3.69. The normalized spacial score (nSPS) is 21.7. The quantitative estimate of drug-likeness (QED) is 0.873. The van der Waals surface area contributed by atoms with Crippen molar-refractivity contribution < 1.29 is 9.53 Å². The molecule has 1 amide bonds. The van der Waals surface area contributed by atoms with Gasteiger partial charge in [0.15, 0.2) is 5.15 Å². The average Bonchev–Trinajstić information content (AvgIpc) is 2.79. The fourth-order valence-corrected chi connectivity index (χ4v) is 3.38. The third kappa shape index (κ3) is 4.49. The molecule has 1 aromatic rings. The van der Waals surface area contributed by atoms with Crippen molar-refractivity contribution in [3.8, 4) is 6.07 Å². The van der Waals surface area contributed by atoms with Gasteiger partial charge >= 0.3 is 6.09 Å². The van der Waals surface area contributed by atoms with E-state index in [9.17, 15) is 4.79 Å². The van der Waals surface area contributed by atoms with Crippen molar-refractivity contribution in [1.82, 2.24) is 9.27 Å². The summed E-state index contributed by atoms with van der Waals surface area (Å²) in [7, 11) is 0. The zero-order valence-corrected chi connectivity index (χ0v) is 15.3. The molecule has 6 nitrogen and oxygen atoms in total. The number of carbonyl (C=O) groups excluding carboxylic acids is 1. The molecule has 1 N–H and O–H groups in total. The van der Waals surface area contributed by atoms with Crippen LogP contribution in [0, 0.1) is 17.2 Å². The van der Waals surface area contributed by atoms with E-state index in [2.05, 4.69) is 22.7 Å². The van der Waals surface area contributed by atoms with Gasteiger partial charge in [-0.3, -0.25) is 0 Å². The van der Waals surface area contributed by atoms with Gasteiger partial charge in [-0.2, -0.15) is 9.64 Å². The summed E-state index contributed by atoms with van der Waals surface area (Å²) in [5, 5.41) is 13.3. The second-order valence-electron chi connectivity index (χ2n) is 6.73. The fourth-order valence-electron chi connectivity index (χ4n) is 2.38. The lowest BCUT2D eigenvalue weighted by Gasteiger charge is -2.38. The number of amides is 1. The lowest BCUT2D eigenvalue weighted by molar-refractivity contribution is 0.0176. The van der Waals surface area contributed by atoms with Crippen LogP contribution in [0.5, 0.6) is 0 Å². The number of aromatic nitrogens is 1. The summed E-state index contributed by atoms with van der Waals surface area (Å²) in [4.78, 5) is 13.9. The molecule has 2 atom stereocenters. The predicted octanol–water partition coefficient (Wildman–Crippen LogP) is 3.73. The van der Waals surface area contributed by atoms with Crippen molar-refractivity contribution in [3.05, 3.63) is 10.7 Å². The van der Waals surface area contributed by atoms with E-state index in [0.29, 0.717) is 29.6 Å². The minimum absolute atomic E-state index is 0.0277. The Kier molecular flexibility index (Phi) is 5.37. The highest BCUT2D eigenvalue weighted by molar-refractivity contribution is 7.10. The first-order valence-electron chi connectivity index (χ1n) is 7.51. The van der Waals surface area contributed by atoms with Gasteiger partial charge in [-0.05, 0) is 44.6 Å². The second kappa shape index (κ2) is 6.93. The molecule has 8 heteroatoms. The predicted molar refractivity (Wildman–Crippen MR) is 90.8 cm³/mol. The number of nitriles is 1. The molecule has 2 heterocycles. The van der Waals surface area contributed by atoms with Gasteiger partial charge in [0.05, 0.1) is 0 Å². The lowest BCUT2D eigenvalue weighted by atomic mass is 9.93. The number of hydrogen-bond donors (Lipinski definition) is 1. The first-order valence-corrected chi connectivity index (χ1v) is 8.66. The molecule has 2 unspecified atom stereocenters. The van der Waals surface area contributed by atoms with E-state index < -0.39 is 5.60 Å². The topological polar surface area (TPSA) is 78.2 Å². The summed E-state index contributed by atoms with van der Waals surface area (Å²) in [5.74, 6) is 0.362. The number of nitrogens with one attached hydrogen (secondary N) is 1. The van der Waals surface area contributed by atoms with Gasteiger partial charge in [-0.25, -0.2) is 4.79 Å². The van der Waals surface area contributed by atoms with Crippen LogP contribution in [0.1, 0.15) is 39.7 Å². The van der Waals surface area contributed by atoms with Crippen LogP contribution in [0.25, 0.3) is 0 Å². The molecule has 0 bridgehead atoms. The van der Waals surface area contributed by atoms with E-state index in [0.717, 1.165) is 6.42 Å². The molecular weight excluding hydrogens is 336 g/mol. The standard InChI is InChI=1S/C15H21ClN4O2S/c1-9-5-6-20(14(21)22-15(2,3)4)8-11(9)18-13-10(7-17)12(16)19-23-13/h9,11,18H,5-6,8H2,1-4H3. The Morgan fingerprint density at radius 2 is 2.26 bits per heavy atom. The first-order chi connectivity index (χ1) is 10.7. The van der Waals surface area contributed by atoms with Crippen molar-refractivity contribution in [3.63, 3.8) is 0 Å². The number of rotatable bonds is 2. The Balaban J connectivity index is 2.06. The molecule has 1 aliphatic heterocycles. The molecule has 1 fully saturated rings. The number of piperidine rings is 1. The Labute approximate surface area is 145 Å². The van der Waals surface area contributed by atoms with Gasteiger partial charge in [0, 0.05) is 19.1 Å². The van der Waals surface area contributed by atoms with Gasteiger partial charge in [0.25, 0.3) is 0 Å². The van der Waals surface area contributed by atoms with Gasteiger partial charge in [-0.1, -0.05) is 18.5 Å². The molecule has 0 radical (unpaired) electrons.